The van der Waals surface area contributed by atoms with E-state index in [1.54, 1.807) is 12.1 Å². The van der Waals surface area contributed by atoms with Crippen molar-refractivity contribution in [1.82, 2.24) is 20.0 Å². The first-order valence-corrected chi connectivity index (χ1v) is 9.49. The number of aliphatic imine (C=N–C) groups is 1. The van der Waals surface area contributed by atoms with Crippen molar-refractivity contribution in [3.8, 4) is 5.75 Å². The number of likely N-dealkylation sites (tertiary alicyclic amines) is 1. The third-order valence-corrected chi connectivity index (χ3v) is 4.67. The molecule has 0 amide bonds. The highest BCUT2D eigenvalue weighted by Gasteiger charge is 2.27. The van der Waals surface area contributed by atoms with Crippen molar-refractivity contribution in [2.45, 2.75) is 32.3 Å². The minimum absolute atomic E-state index is 0.0964. The summed E-state index contributed by atoms with van der Waals surface area (Å²) < 4.78 is 20.7. The molecule has 0 aliphatic carbocycles. The molecule has 2 unspecified atom stereocenters. The summed E-state index contributed by atoms with van der Waals surface area (Å²) in [5, 5.41) is 7.66. The maximum absolute atomic E-state index is 13.0. The van der Waals surface area contributed by atoms with E-state index in [2.05, 4.69) is 28.4 Å². The van der Waals surface area contributed by atoms with Gasteiger partial charge in [-0.15, -0.1) is 0 Å². The number of nitrogens with one attached hydrogen (secondary N) is 1. The van der Waals surface area contributed by atoms with E-state index in [-0.39, 0.29) is 11.9 Å². The van der Waals surface area contributed by atoms with Crippen molar-refractivity contribution >= 4 is 5.96 Å². The predicted molar refractivity (Wildman–Crippen MR) is 105 cm³/mol. The van der Waals surface area contributed by atoms with E-state index in [0.717, 1.165) is 32.0 Å². The lowest BCUT2D eigenvalue weighted by Crippen LogP contribution is -2.40. The Labute approximate surface area is 160 Å². The molecule has 1 N–H and O–H groups in total. The van der Waals surface area contributed by atoms with Crippen LogP contribution in [0.15, 0.2) is 41.7 Å². The number of aromatic nitrogens is 2. The Hall–Kier alpha value is -2.57. The molecule has 2 heterocycles. The number of guanidine groups is 1. The summed E-state index contributed by atoms with van der Waals surface area (Å²) >= 11 is 0. The summed E-state index contributed by atoms with van der Waals surface area (Å²) in [6.07, 6.45) is 5.05. The van der Waals surface area contributed by atoms with Gasteiger partial charge in [-0.1, -0.05) is 0 Å². The van der Waals surface area contributed by atoms with Crippen LogP contribution in [0.4, 0.5) is 4.39 Å². The van der Waals surface area contributed by atoms with Crippen molar-refractivity contribution in [1.29, 1.82) is 0 Å². The van der Waals surface area contributed by atoms with E-state index in [9.17, 15) is 4.39 Å². The van der Waals surface area contributed by atoms with Gasteiger partial charge in [0.05, 0.1) is 12.7 Å². The maximum atomic E-state index is 13.0. The summed E-state index contributed by atoms with van der Waals surface area (Å²) in [5.41, 5.74) is 1.28. The molecule has 2 aromatic rings. The molecule has 0 bridgehead atoms. The number of hydrogen-bond acceptors (Lipinski definition) is 3. The molecule has 2 atom stereocenters. The van der Waals surface area contributed by atoms with Gasteiger partial charge in [0.25, 0.3) is 0 Å². The van der Waals surface area contributed by atoms with Crippen LogP contribution < -0.4 is 10.1 Å². The van der Waals surface area contributed by atoms with Gasteiger partial charge in [-0.3, -0.25) is 4.68 Å². The average Bonchev–Trinajstić information content (AvgIpc) is 3.29. The first-order chi connectivity index (χ1) is 13.0. The third-order valence-electron chi connectivity index (χ3n) is 4.67. The molecule has 1 aromatic heterocycles. The number of aryl methyl sites for hydroxylation is 1. The summed E-state index contributed by atoms with van der Waals surface area (Å²) in [5.74, 6) is 1.79. The molecule has 1 aliphatic rings. The van der Waals surface area contributed by atoms with Gasteiger partial charge >= 0.3 is 0 Å². The van der Waals surface area contributed by atoms with E-state index < -0.39 is 0 Å². The number of ether oxygens (including phenoxy) is 1. The highest BCUT2D eigenvalue weighted by molar-refractivity contribution is 5.80. The molecular formula is C20H28FN5O. The summed E-state index contributed by atoms with van der Waals surface area (Å²) in [6.45, 7) is 7.30. The standard InChI is InChI=1S/C20H28FN5O/c1-4-22-20(23-11-15(2)27-19-7-5-18(21)6-8-19)26-10-9-16(14-26)17-12-24-25(3)13-17/h5-8,12-13,15-16H,4,9-11,14H2,1-3H3,(H,22,23). The van der Waals surface area contributed by atoms with Crippen LogP contribution in [0.1, 0.15) is 31.7 Å². The molecule has 0 radical (unpaired) electrons. The molecule has 3 rings (SSSR count). The fourth-order valence-corrected chi connectivity index (χ4v) is 3.30. The van der Waals surface area contributed by atoms with Gasteiger partial charge in [0, 0.05) is 38.8 Å². The van der Waals surface area contributed by atoms with E-state index in [4.69, 9.17) is 9.73 Å². The van der Waals surface area contributed by atoms with Crippen molar-refractivity contribution < 1.29 is 9.13 Å². The molecule has 146 valence electrons. The summed E-state index contributed by atoms with van der Waals surface area (Å²) in [7, 11) is 1.95. The Kier molecular flexibility index (Phi) is 6.32. The fourth-order valence-electron chi connectivity index (χ4n) is 3.30. The van der Waals surface area contributed by atoms with Crippen LogP contribution in [0.2, 0.25) is 0 Å². The van der Waals surface area contributed by atoms with Crippen LogP contribution in [-0.2, 0) is 7.05 Å². The quantitative estimate of drug-likeness (QED) is 0.625. The lowest BCUT2D eigenvalue weighted by atomic mass is 10.0. The third kappa shape index (κ3) is 5.21. The molecule has 1 aliphatic heterocycles. The number of nitrogens with zero attached hydrogens (tertiary/aromatic N) is 4. The molecule has 1 aromatic carbocycles. The molecule has 27 heavy (non-hydrogen) atoms. The van der Waals surface area contributed by atoms with Crippen molar-refractivity contribution in [3.05, 3.63) is 48.0 Å². The minimum atomic E-state index is -0.264. The second-order valence-electron chi connectivity index (χ2n) is 6.96. The van der Waals surface area contributed by atoms with Gasteiger partial charge in [0.1, 0.15) is 17.7 Å². The summed E-state index contributed by atoms with van der Waals surface area (Å²) in [6, 6.07) is 6.08. The Balaban J connectivity index is 1.58. The van der Waals surface area contributed by atoms with E-state index in [1.165, 1.54) is 17.7 Å². The fraction of sp³-hybridized carbons (Fsp3) is 0.500. The zero-order chi connectivity index (χ0) is 19.2. The molecule has 7 heteroatoms. The van der Waals surface area contributed by atoms with Crippen molar-refractivity contribution in [3.63, 3.8) is 0 Å². The molecule has 6 nitrogen and oxygen atoms in total. The van der Waals surface area contributed by atoms with Gasteiger partial charge in [-0.05, 0) is 50.1 Å². The molecule has 1 fully saturated rings. The highest BCUT2D eigenvalue weighted by atomic mass is 19.1. The van der Waals surface area contributed by atoms with Crippen LogP contribution in [-0.4, -0.2) is 52.9 Å². The Bertz CT molecular complexity index is 758. The average molecular weight is 373 g/mol. The molecule has 1 saturated heterocycles. The van der Waals surface area contributed by atoms with E-state index in [1.807, 2.05) is 24.9 Å². The Morgan fingerprint density at radius 3 is 2.85 bits per heavy atom. The lowest BCUT2D eigenvalue weighted by Gasteiger charge is -2.22. The first kappa shape index (κ1) is 19.2. The molecular weight excluding hydrogens is 345 g/mol. The topological polar surface area (TPSA) is 54.7 Å². The number of rotatable bonds is 6. The minimum Gasteiger partial charge on any atom is -0.489 e. The van der Waals surface area contributed by atoms with Gasteiger partial charge in [0.15, 0.2) is 5.96 Å². The first-order valence-electron chi connectivity index (χ1n) is 9.49. The number of benzene rings is 1. The van der Waals surface area contributed by atoms with Gasteiger partial charge < -0.3 is 15.0 Å². The van der Waals surface area contributed by atoms with Crippen LogP contribution in [0, 0.1) is 5.82 Å². The van der Waals surface area contributed by atoms with Crippen LogP contribution in [0.5, 0.6) is 5.75 Å². The molecule has 0 saturated carbocycles. The van der Waals surface area contributed by atoms with Crippen molar-refractivity contribution in [2.24, 2.45) is 12.0 Å². The van der Waals surface area contributed by atoms with E-state index >= 15 is 0 Å². The molecule has 0 spiro atoms. The van der Waals surface area contributed by atoms with E-state index in [0.29, 0.717) is 18.2 Å². The second kappa shape index (κ2) is 8.88. The summed E-state index contributed by atoms with van der Waals surface area (Å²) in [4.78, 5) is 7.05. The number of halogens is 1. The lowest BCUT2D eigenvalue weighted by molar-refractivity contribution is 0.229. The van der Waals surface area contributed by atoms with Gasteiger partial charge in [0.2, 0.25) is 0 Å². The SMILES string of the molecule is CCNC(=NCC(C)Oc1ccc(F)cc1)N1CCC(c2cnn(C)c2)C1. The zero-order valence-electron chi connectivity index (χ0n) is 16.2. The second-order valence-corrected chi connectivity index (χ2v) is 6.96. The predicted octanol–water partition coefficient (Wildman–Crippen LogP) is 2.78. The Morgan fingerprint density at radius 1 is 1.41 bits per heavy atom. The highest BCUT2D eigenvalue weighted by Crippen LogP contribution is 2.26. The normalized spacial score (nSPS) is 18.6. The largest absolute Gasteiger partial charge is 0.489 e. The van der Waals surface area contributed by atoms with Crippen LogP contribution in [0.3, 0.4) is 0 Å². The van der Waals surface area contributed by atoms with Crippen LogP contribution in [0.25, 0.3) is 0 Å². The zero-order valence-corrected chi connectivity index (χ0v) is 16.2. The maximum Gasteiger partial charge on any atom is 0.194 e. The van der Waals surface area contributed by atoms with Gasteiger partial charge in [-0.25, -0.2) is 9.38 Å². The van der Waals surface area contributed by atoms with Gasteiger partial charge in [-0.2, -0.15) is 5.10 Å². The smallest absolute Gasteiger partial charge is 0.194 e. The van der Waals surface area contributed by atoms with Crippen LogP contribution >= 0.6 is 0 Å². The monoisotopic (exact) mass is 373 g/mol. The Morgan fingerprint density at radius 2 is 2.19 bits per heavy atom. The van der Waals surface area contributed by atoms with Crippen molar-refractivity contribution in [2.75, 3.05) is 26.2 Å². The number of hydrogen-bond donors (Lipinski definition) is 1.